The van der Waals surface area contributed by atoms with Crippen molar-refractivity contribution in [1.82, 2.24) is 9.88 Å². The van der Waals surface area contributed by atoms with E-state index < -0.39 is 23.7 Å². The van der Waals surface area contributed by atoms with E-state index in [0.717, 1.165) is 27.4 Å². The number of rotatable bonds is 4. The number of carbonyl (C=O) groups excluding carboxylic acids is 3. The lowest BCUT2D eigenvalue weighted by molar-refractivity contribution is -0.122. The summed E-state index contributed by atoms with van der Waals surface area (Å²) >= 11 is 0. The molecule has 2 heterocycles. The van der Waals surface area contributed by atoms with Crippen molar-refractivity contribution in [2.24, 2.45) is 0 Å². The van der Waals surface area contributed by atoms with Crippen LogP contribution in [0.2, 0.25) is 0 Å². The molecule has 0 saturated carbocycles. The zero-order chi connectivity index (χ0) is 23.8. The van der Waals surface area contributed by atoms with Gasteiger partial charge in [0, 0.05) is 29.2 Å². The fourth-order valence-corrected chi connectivity index (χ4v) is 3.97. The van der Waals surface area contributed by atoms with E-state index in [0.29, 0.717) is 12.1 Å². The van der Waals surface area contributed by atoms with E-state index in [9.17, 15) is 23.2 Å². The highest BCUT2D eigenvalue weighted by molar-refractivity contribution is 6.39. The first-order valence-corrected chi connectivity index (χ1v) is 10.4. The van der Waals surface area contributed by atoms with Gasteiger partial charge in [-0.15, -0.1) is 0 Å². The van der Waals surface area contributed by atoms with Crippen molar-refractivity contribution in [3.8, 4) is 0 Å². The average Bonchev–Trinajstić information content (AvgIpc) is 3.15. The summed E-state index contributed by atoms with van der Waals surface area (Å²) in [5.41, 5.74) is 2.06. The van der Waals surface area contributed by atoms with Crippen LogP contribution in [-0.2, 0) is 16.1 Å². The number of urea groups is 1. The SMILES string of the molecule is O=C1NC(=O)N(c2cccc(F)c2)C(=O)/C1=C/c1cn(Cc2ccc(F)cc2)c2ccccc12. The first-order valence-electron chi connectivity index (χ1n) is 10.4. The van der Waals surface area contributed by atoms with Gasteiger partial charge in [0.1, 0.15) is 17.2 Å². The molecule has 1 aromatic heterocycles. The van der Waals surface area contributed by atoms with Crippen LogP contribution in [0.3, 0.4) is 0 Å². The smallest absolute Gasteiger partial charge is 0.335 e. The van der Waals surface area contributed by atoms with Crippen molar-refractivity contribution in [3.05, 3.63) is 107 Å². The van der Waals surface area contributed by atoms with E-state index in [-0.39, 0.29) is 17.1 Å². The molecular formula is C26H17F2N3O3. The van der Waals surface area contributed by atoms with E-state index in [4.69, 9.17) is 0 Å². The molecule has 6 nitrogen and oxygen atoms in total. The van der Waals surface area contributed by atoms with Crippen LogP contribution in [0.5, 0.6) is 0 Å². The Balaban J connectivity index is 1.56. The molecule has 0 bridgehead atoms. The number of nitrogens with zero attached hydrogens (tertiary/aromatic N) is 2. The van der Waals surface area contributed by atoms with Crippen molar-refractivity contribution in [1.29, 1.82) is 0 Å². The zero-order valence-electron chi connectivity index (χ0n) is 17.7. The summed E-state index contributed by atoms with van der Waals surface area (Å²) in [7, 11) is 0. The average molecular weight is 457 g/mol. The van der Waals surface area contributed by atoms with Crippen LogP contribution in [0.4, 0.5) is 19.3 Å². The summed E-state index contributed by atoms with van der Waals surface area (Å²) in [6.07, 6.45) is 3.20. The summed E-state index contributed by atoms with van der Waals surface area (Å²) in [5, 5.41) is 2.93. The molecule has 34 heavy (non-hydrogen) atoms. The van der Waals surface area contributed by atoms with Gasteiger partial charge in [0.15, 0.2) is 0 Å². The molecule has 4 amide bonds. The van der Waals surface area contributed by atoms with Gasteiger partial charge in [-0.3, -0.25) is 14.9 Å². The summed E-state index contributed by atoms with van der Waals surface area (Å²) in [5.74, 6) is -2.64. The number of barbiturate groups is 1. The Hall–Kier alpha value is -4.59. The molecule has 8 heteroatoms. The van der Waals surface area contributed by atoms with Crippen molar-refractivity contribution < 1.29 is 23.2 Å². The van der Waals surface area contributed by atoms with Gasteiger partial charge in [0.2, 0.25) is 0 Å². The van der Waals surface area contributed by atoms with Crippen LogP contribution in [0.15, 0.2) is 84.6 Å². The van der Waals surface area contributed by atoms with E-state index in [1.54, 1.807) is 18.3 Å². The minimum Gasteiger partial charge on any atom is -0.342 e. The molecule has 0 atom stereocenters. The lowest BCUT2D eigenvalue weighted by Crippen LogP contribution is -2.54. The molecule has 3 aromatic carbocycles. The van der Waals surface area contributed by atoms with Gasteiger partial charge >= 0.3 is 6.03 Å². The number of nitrogens with one attached hydrogen (secondary N) is 1. The van der Waals surface area contributed by atoms with Gasteiger partial charge in [0.25, 0.3) is 11.8 Å². The number of hydrogen-bond acceptors (Lipinski definition) is 3. The fraction of sp³-hybridized carbons (Fsp3) is 0.0385. The third-order valence-electron chi connectivity index (χ3n) is 5.55. The third kappa shape index (κ3) is 3.86. The first-order chi connectivity index (χ1) is 16.4. The minimum atomic E-state index is -0.948. The Kier molecular flexibility index (Phi) is 5.25. The van der Waals surface area contributed by atoms with E-state index in [1.807, 2.05) is 28.8 Å². The Morgan fingerprint density at radius 1 is 0.853 bits per heavy atom. The molecule has 1 fully saturated rings. The second kappa shape index (κ2) is 8.40. The summed E-state index contributed by atoms with van der Waals surface area (Å²) in [6.45, 7) is 0.442. The molecule has 168 valence electrons. The van der Waals surface area contributed by atoms with E-state index in [2.05, 4.69) is 5.32 Å². The van der Waals surface area contributed by atoms with Gasteiger partial charge in [-0.05, 0) is 48.0 Å². The molecular weight excluding hydrogens is 440 g/mol. The lowest BCUT2D eigenvalue weighted by Gasteiger charge is -2.26. The quantitative estimate of drug-likeness (QED) is 0.359. The van der Waals surface area contributed by atoms with E-state index >= 15 is 0 Å². The second-order valence-electron chi connectivity index (χ2n) is 7.79. The van der Waals surface area contributed by atoms with E-state index in [1.165, 1.54) is 36.4 Å². The van der Waals surface area contributed by atoms with Crippen molar-refractivity contribution in [2.75, 3.05) is 4.90 Å². The topological polar surface area (TPSA) is 71.4 Å². The van der Waals surface area contributed by atoms with Gasteiger partial charge in [-0.1, -0.05) is 36.4 Å². The zero-order valence-corrected chi connectivity index (χ0v) is 17.7. The molecule has 0 radical (unpaired) electrons. The number of imide groups is 2. The van der Waals surface area contributed by atoms with Crippen LogP contribution in [-0.4, -0.2) is 22.4 Å². The maximum Gasteiger partial charge on any atom is 0.335 e. The lowest BCUT2D eigenvalue weighted by atomic mass is 10.1. The monoisotopic (exact) mass is 457 g/mol. The van der Waals surface area contributed by atoms with Gasteiger partial charge in [0.05, 0.1) is 5.69 Å². The number of benzene rings is 3. The number of hydrogen-bond donors (Lipinski definition) is 1. The molecule has 0 aliphatic carbocycles. The summed E-state index contributed by atoms with van der Waals surface area (Å²) in [6, 6.07) is 17.6. The first kappa shape index (κ1) is 21.3. The molecule has 1 saturated heterocycles. The van der Waals surface area contributed by atoms with Crippen LogP contribution < -0.4 is 10.2 Å². The highest BCUT2D eigenvalue weighted by atomic mass is 19.1. The number of carbonyl (C=O) groups is 3. The maximum atomic E-state index is 13.7. The third-order valence-corrected chi connectivity index (χ3v) is 5.55. The Morgan fingerprint density at radius 3 is 2.38 bits per heavy atom. The summed E-state index contributed by atoms with van der Waals surface area (Å²) in [4.78, 5) is 38.8. The van der Waals surface area contributed by atoms with Crippen LogP contribution in [0.1, 0.15) is 11.1 Å². The molecule has 1 N–H and O–H groups in total. The second-order valence-corrected chi connectivity index (χ2v) is 7.79. The standard InChI is InChI=1S/C26H17F2N3O3/c27-18-10-8-16(9-11-18)14-30-15-17(21-6-1-2-7-23(21)30)12-22-24(32)29-26(34)31(25(22)33)20-5-3-4-19(28)13-20/h1-13,15H,14H2,(H,29,32,34)/b22-12+. The normalized spacial score (nSPS) is 15.3. The summed E-state index contributed by atoms with van der Waals surface area (Å²) < 4.78 is 28.9. The number of para-hydroxylation sites is 1. The predicted octanol–water partition coefficient (Wildman–Crippen LogP) is 4.63. The predicted molar refractivity (Wildman–Crippen MR) is 123 cm³/mol. The molecule has 1 aliphatic heterocycles. The largest absolute Gasteiger partial charge is 0.342 e. The number of aromatic nitrogens is 1. The van der Waals surface area contributed by atoms with Crippen molar-refractivity contribution in [3.63, 3.8) is 0 Å². The molecule has 4 aromatic rings. The van der Waals surface area contributed by atoms with Crippen molar-refractivity contribution in [2.45, 2.75) is 6.54 Å². The maximum absolute atomic E-state index is 13.7. The Bertz CT molecular complexity index is 1490. The Labute approximate surface area is 192 Å². The van der Waals surface area contributed by atoms with Gasteiger partial charge in [-0.25, -0.2) is 18.5 Å². The molecule has 0 spiro atoms. The van der Waals surface area contributed by atoms with Crippen molar-refractivity contribution >= 4 is 40.5 Å². The van der Waals surface area contributed by atoms with Gasteiger partial charge < -0.3 is 4.57 Å². The number of halogens is 2. The van der Waals surface area contributed by atoms with Gasteiger partial charge in [-0.2, -0.15) is 0 Å². The minimum absolute atomic E-state index is 0.0136. The highest BCUT2D eigenvalue weighted by Crippen LogP contribution is 2.27. The van der Waals surface area contributed by atoms with Crippen LogP contribution in [0.25, 0.3) is 17.0 Å². The van der Waals surface area contributed by atoms with Crippen LogP contribution >= 0.6 is 0 Å². The number of amides is 4. The fourth-order valence-electron chi connectivity index (χ4n) is 3.97. The van der Waals surface area contributed by atoms with Crippen LogP contribution in [0, 0.1) is 11.6 Å². The highest BCUT2D eigenvalue weighted by Gasteiger charge is 2.37. The molecule has 1 aliphatic rings. The molecule has 0 unspecified atom stereocenters. The number of anilines is 1. The molecule has 5 rings (SSSR count). The number of fused-ring (bicyclic) bond motifs is 1. The Morgan fingerprint density at radius 2 is 1.62 bits per heavy atom.